The van der Waals surface area contributed by atoms with Crippen LogP contribution in [0, 0.1) is 5.41 Å². The van der Waals surface area contributed by atoms with Crippen LogP contribution in [-0.4, -0.2) is 56.1 Å². The van der Waals surface area contributed by atoms with Crippen LogP contribution in [-0.2, 0) is 14.8 Å². The number of ketones is 1. The van der Waals surface area contributed by atoms with E-state index in [1.165, 1.54) is 16.4 Å². The summed E-state index contributed by atoms with van der Waals surface area (Å²) >= 11 is 5.80. The molecule has 128 valence electrons. The number of nitrogens with zero attached hydrogens (tertiary/aromatic N) is 2. The van der Waals surface area contributed by atoms with Crippen molar-refractivity contribution < 1.29 is 13.2 Å². The average molecular weight is 359 g/mol. The molecule has 1 saturated heterocycles. The van der Waals surface area contributed by atoms with Crippen LogP contribution < -0.4 is 0 Å². The van der Waals surface area contributed by atoms with Gasteiger partial charge in [0.2, 0.25) is 10.0 Å². The second-order valence-corrected chi connectivity index (χ2v) is 9.18. The summed E-state index contributed by atoms with van der Waals surface area (Å²) in [7, 11) is -3.50. The molecular weight excluding hydrogens is 336 g/mol. The Morgan fingerprint density at radius 2 is 1.61 bits per heavy atom. The highest BCUT2D eigenvalue weighted by molar-refractivity contribution is 7.89. The third-order valence-corrected chi connectivity index (χ3v) is 6.15. The highest BCUT2D eigenvalue weighted by atomic mass is 35.5. The quantitative estimate of drug-likeness (QED) is 0.828. The number of carbonyl (C=O) groups is 1. The molecular formula is C16H23ClN2O3S. The molecule has 0 unspecified atom stereocenters. The van der Waals surface area contributed by atoms with Gasteiger partial charge in [0.05, 0.1) is 11.4 Å². The van der Waals surface area contributed by atoms with Crippen molar-refractivity contribution in [3.8, 4) is 0 Å². The molecule has 2 rings (SSSR count). The van der Waals surface area contributed by atoms with E-state index >= 15 is 0 Å². The lowest BCUT2D eigenvalue weighted by molar-refractivity contribution is -0.127. The number of hydrogen-bond donors (Lipinski definition) is 0. The van der Waals surface area contributed by atoms with Crippen molar-refractivity contribution in [2.45, 2.75) is 25.7 Å². The number of benzene rings is 1. The fourth-order valence-corrected chi connectivity index (χ4v) is 3.87. The highest BCUT2D eigenvalue weighted by Gasteiger charge is 2.30. The van der Waals surface area contributed by atoms with Crippen LogP contribution in [0.25, 0.3) is 0 Å². The first-order valence-corrected chi connectivity index (χ1v) is 9.44. The topological polar surface area (TPSA) is 57.7 Å². The SMILES string of the molecule is CC(C)(C)C(=O)CN1CCN(S(=O)(=O)c2ccc(Cl)cc2)CC1. The van der Waals surface area contributed by atoms with Gasteiger partial charge in [-0.1, -0.05) is 32.4 Å². The van der Waals surface area contributed by atoms with E-state index in [4.69, 9.17) is 11.6 Å². The fraction of sp³-hybridized carbons (Fsp3) is 0.562. The van der Waals surface area contributed by atoms with Gasteiger partial charge in [0.25, 0.3) is 0 Å². The van der Waals surface area contributed by atoms with Gasteiger partial charge in [-0.2, -0.15) is 4.31 Å². The molecule has 0 saturated carbocycles. The van der Waals surface area contributed by atoms with Crippen molar-refractivity contribution in [2.75, 3.05) is 32.7 Å². The van der Waals surface area contributed by atoms with Crippen molar-refractivity contribution in [2.24, 2.45) is 5.41 Å². The van der Waals surface area contributed by atoms with Gasteiger partial charge in [0.15, 0.2) is 5.78 Å². The molecule has 1 aliphatic heterocycles. The highest BCUT2D eigenvalue weighted by Crippen LogP contribution is 2.21. The molecule has 0 atom stereocenters. The van der Waals surface area contributed by atoms with Crippen LogP contribution in [0.2, 0.25) is 5.02 Å². The average Bonchev–Trinajstić information content (AvgIpc) is 2.47. The van der Waals surface area contributed by atoms with Crippen molar-refractivity contribution in [1.29, 1.82) is 0 Å². The molecule has 0 radical (unpaired) electrons. The summed E-state index contributed by atoms with van der Waals surface area (Å²) in [6.07, 6.45) is 0. The van der Waals surface area contributed by atoms with Gasteiger partial charge in [0.1, 0.15) is 0 Å². The van der Waals surface area contributed by atoms with Gasteiger partial charge in [-0.05, 0) is 24.3 Å². The van der Waals surface area contributed by atoms with E-state index in [2.05, 4.69) is 0 Å². The van der Waals surface area contributed by atoms with E-state index in [-0.39, 0.29) is 16.1 Å². The van der Waals surface area contributed by atoms with Crippen LogP contribution in [0.5, 0.6) is 0 Å². The zero-order valence-electron chi connectivity index (χ0n) is 13.8. The number of hydrogen-bond acceptors (Lipinski definition) is 4. The van der Waals surface area contributed by atoms with Crippen molar-refractivity contribution >= 4 is 27.4 Å². The summed E-state index contributed by atoms with van der Waals surface area (Å²) in [5.41, 5.74) is -0.369. The minimum absolute atomic E-state index is 0.173. The molecule has 0 amide bonds. The molecule has 5 nitrogen and oxygen atoms in total. The number of carbonyl (C=O) groups excluding carboxylic acids is 1. The largest absolute Gasteiger partial charge is 0.298 e. The van der Waals surface area contributed by atoms with Crippen LogP contribution in [0.15, 0.2) is 29.2 Å². The van der Waals surface area contributed by atoms with Crippen molar-refractivity contribution in [3.63, 3.8) is 0 Å². The Bertz CT molecular complexity index is 658. The first kappa shape index (κ1) is 18.4. The summed E-state index contributed by atoms with van der Waals surface area (Å²) in [5.74, 6) is 0.173. The lowest BCUT2D eigenvalue weighted by Gasteiger charge is -2.34. The molecule has 0 spiro atoms. The molecule has 1 aliphatic rings. The normalized spacial score (nSPS) is 18.1. The van der Waals surface area contributed by atoms with E-state index in [0.717, 1.165) is 0 Å². The number of Topliss-reactive ketones (excluding diaryl/α,β-unsaturated/α-hetero) is 1. The Morgan fingerprint density at radius 3 is 2.09 bits per heavy atom. The third kappa shape index (κ3) is 4.53. The lowest BCUT2D eigenvalue weighted by atomic mass is 9.90. The third-order valence-electron chi connectivity index (χ3n) is 3.99. The molecule has 7 heteroatoms. The molecule has 0 N–H and O–H groups in total. The van der Waals surface area contributed by atoms with Gasteiger partial charge >= 0.3 is 0 Å². The Balaban J connectivity index is 1.98. The maximum Gasteiger partial charge on any atom is 0.243 e. The van der Waals surface area contributed by atoms with Gasteiger partial charge in [-0.3, -0.25) is 9.69 Å². The first-order chi connectivity index (χ1) is 10.6. The summed E-state index contributed by atoms with van der Waals surface area (Å²) in [6, 6.07) is 6.19. The molecule has 0 aliphatic carbocycles. The first-order valence-electron chi connectivity index (χ1n) is 7.62. The lowest BCUT2D eigenvalue weighted by Crippen LogP contribution is -2.50. The van der Waals surface area contributed by atoms with E-state index < -0.39 is 10.0 Å². The number of piperazine rings is 1. The van der Waals surface area contributed by atoms with Crippen LogP contribution in [0.4, 0.5) is 0 Å². The predicted octanol–water partition coefficient (Wildman–Crippen LogP) is 2.26. The molecule has 0 aromatic heterocycles. The molecule has 1 aromatic rings. The minimum atomic E-state index is -3.50. The predicted molar refractivity (Wildman–Crippen MR) is 91.1 cm³/mol. The van der Waals surface area contributed by atoms with E-state index in [9.17, 15) is 13.2 Å². The molecule has 1 aromatic carbocycles. The van der Waals surface area contributed by atoms with Crippen molar-refractivity contribution in [1.82, 2.24) is 9.21 Å². The molecule has 1 heterocycles. The fourth-order valence-electron chi connectivity index (χ4n) is 2.32. The second kappa shape index (κ2) is 6.89. The Labute approximate surface area is 143 Å². The summed E-state index contributed by atoms with van der Waals surface area (Å²) < 4.78 is 26.6. The minimum Gasteiger partial charge on any atom is -0.298 e. The molecule has 0 bridgehead atoms. The number of sulfonamides is 1. The van der Waals surface area contributed by atoms with Crippen molar-refractivity contribution in [3.05, 3.63) is 29.3 Å². The zero-order valence-corrected chi connectivity index (χ0v) is 15.3. The summed E-state index contributed by atoms with van der Waals surface area (Å²) in [6.45, 7) is 7.98. The number of rotatable bonds is 4. The van der Waals surface area contributed by atoms with Crippen LogP contribution in [0.3, 0.4) is 0 Å². The Hall–Kier alpha value is -0.950. The maximum absolute atomic E-state index is 12.6. The van der Waals surface area contributed by atoms with E-state index in [0.29, 0.717) is 37.7 Å². The Kier molecular flexibility index (Phi) is 5.51. The van der Waals surface area contributed by atoms with Gasteiger partial charge in [0, 0.05) is 36.6 Å². The smallest absolute Gasteiger partial charge is 0.243 e. The number of halogens is 1. The Morgan fingerprint density at radius 1 is 1.09 bits per heavy atom. The summed E-state index contributed by atoms with van der Waals surface area (Å²) in [4.78, 5) is 14.3. The van der Waals surface area contributed by atoms with Gasteiger partial charge < -0.3 is 0 Å². The maximum atomic E-state index is 12.6. The standard InChI is InChI=1S/C16H23ClN2O3S/c1-16(2,3)15(20)12-18-8-10-19(11-9-18)23(21,22)14-6-4-13(17)5-7-14/h4-7H,8-12H2,1-3H3. The molecule has 1 fully saturated rings. The zero-order chi connectivity index (χ0) is 17.3. The van der Waals surface area contributed by atoms with Crippen LogP contribution in [0.1, 0.15) is 20.8 Å². The summed E-state index contributed by atoms with van der Waals surface area (Å²) in [5, 5.41) is 0.509. The molecule has 23 heavy (non-hydrogen) atoms. The second-order valence-electron chi connectivity index (χ2n) is 6.81. The monoisotopic (exact) mass is 358 g/mol. The van der Waals surface area contributed by atoms with E-state index in [1.807, 2.05) is 25.7 Å². The van der Waals surface area contributed by atoms with Crippen LogP contribution >= 0.6 is 11.6 Å². The van der Waals surface area contributed by atoms with Gasteiger partial charge in [-0.15, -0.1) is 0 Å². The van der Waals surface area contributed by atoms with E-state index in [1.54, 1.807) is 12.1 Å². The van der Waals surface area contributed by atoms with Gasteiger partial charge in [-0.25, -0.2) is 8.42 Å².